The zero-order chi connectivity index (χ0) is 13.8. The predicted molar refractivity (Wildman–Crippen MR) is 76.3 cm³/mol. The molecule has 6 heteroatoms. The van der Waals surface area contributed by atoms with E-state index in [1.54, 1.807) is 6.33 Å². The first-order valence-electron chi connectivity index (χ1n) is 6.36. The number of aromatic nitrogens is 4. The predicted octanol–water partition coefficient (Wildman–Crippen LogP) is 1.45. The van der Waals surface area contributed by atoms with E-state index < -0.39 is 0 Å². The Morgan fingerprint density at radius 1 is 1.32 bits per heavy atom. The third-order valence-corrected chi connectivity index (χ3v) is 3.17. The lowest BCUT2D eigenvalue weighted by molar-refractivity contribution is 0.750. The molecular weight excluding hydrogens is 240 g/mol. The van der Waals surface area contributed by atoms with Gasteiger partial charge in [0, 0.05) is 39.1 Å². The molecule has 0 aliphatic carbocycles. The molecule has 2 rings (SSSR count). The molecule has 19 heavy (non-hydrogen) atoms. The molecule has 0 aliphatic rings. The molecule has 0 saturated carbocycles. The van der Waals surface area contributed by atoms with Crippen LogP contribution in [0.1, 0.15) is 18.3 Å². The first-order valence-corrected chi connectivity index (χ1v) is 6.36. The summed E-state index contributed by atoms with van der Waals surface area (Å²) in [7, 11) is 5.90. The summed E-state index contributed by atoms with van der Waals surface area (Å²) in [6, 6.07) is 0. The third kappa shape index (κ3) is 2.67. The van der Waals surface area contributed by atoms with Crippen molar-refractivity contribution < 1.29 is 0 Å². The van der Waals surface area contributed by atoms with Crippen LogP contribution in [-0.4, -0.2) is 33.6 Å². The van der Waals surface area contributed by atoms with Crippen LogP contribution >= 0.6 is 0 Å². The second kappa shape index (κ2) is 5.69. The molecule has 0 radical (unpaired) electrons. The first kappa shape index (κ1) is 13.3. The second-order valence-corrected chi connectivity index (χ2v) is 4.44. The Morgan fingerprint density at radius 3 is 2.68 bits per heavy atom. The van der Waals surface area contributed by atoms with Crippen LogP contribution in [0.25, 0.3) is 0 Å². The summed E-state index contributed by atoms with van der Waals surface area (Å²) in [4.78, 5) is 15.1. The van der Waals surface area contributed by atoms with E-state index in [1.165, 1.54) is 0 Å². The van der Waals surface area contributed by atoms with Crippen molar-refractivity contribution in [3.05, 3.63) is 30.1 Å². The Kier molecular flexibility index (Phi) is 3.99. The SMILES string of the molecule is CCc1c(NC)ncnc1N(C)Cc1nccn1C. The maximum atomic E-state index is 4.41. The smallest absolute Gasteiger partial charge is 0.137 e. The molecule has 0 saturated heterocycles. The van der Waals surface area contributed by atoms with Gasteiger partial charge in [-0.3, -0.25) is 0 Å². The van der Waals surface area contributed by atoms with Crippen LogP contribution in [0, 0.1) is 0 Å². The first-order chi connectivity index (χ1) is 9.17. The number of rotatable bonds is 5. The Labute approximate surface area is 113 Å². The van der Waals surface area contributed by atoms with Crippen molar-refractivity contribution in [2.24, 2.45) is 7.05 Å². The molecule has 0 spiro atoms. The zero-order valence-corrected chi connectivity index (χ0v) is 11.9. The number of nitrogens with one attached hydrogen (secondary N) is 1. The molecule has 6 nitrogen and oxygen atoms in total. The van der Waals surface area contributed by atoms with Crippen molar-refractivity contribution in [1.82, 2.24) is 19.5 Å². The summed E-state index contributed by atoms with van der Waals surface area (Å²) in [5.74, 6) is 2.85. The monoisotopic (exact) mass is 260 g/mol. The molecule has 2 aromatic rings. The summed E-state index contributed by atoms with van der Waals surface area (Å²) in [6.45, 7) is 2.83. The van der Waals surface area contributed by atoms with Crippen molar-refractivity contribution in [1.29, 1.82) is 0 Å². The molecule has 0 atom stereocenters. The van der Waals surface area contributed by atoms with E-state index in [1.807, 2.05) is 38.1 Å². The maximum absolute atomic E-state index is 4.41. The van der Waals surface area contributed by atoms with Crippen LogP contribution in [0.3, 0.4) is 0 Å². The van der Waals surface area contributed by atoms with Crippen LogP contribution < -0.4 is 10.2 Å². The lowest BCUT2D eigenvalue weighted by atomic mass is 10.2. The average Bonchev–Trinajstić information content (AvgIpc) is 2.83. The summed E-state index contributed by atoms with van der Waals surface area (Å²) < 4.78 is 2.02. The maximum Gasteiger partial charge on any atom is 0.137 e. The molecule has 0 fully saturated rings. The van der Waals surface area contributed by atoms with Gasteiger partial charge in [0.1, 0.15) is 23.8 Å². The van der Waals surface area contributed by atoms with Crippen LogP contribution in [0.2, 0.25) is 0 Å². The number of imidazole rings is 1. The van der Waals surface area contributed by atoms with Crippen molar-refractivity contribution >= 4 is 11.6 Å². The number of anilines is 2. The van der Waals surface area contributed by atoms with Gasteiger partial charge in [-0.15, -0.1) is 0 Å². The normalized spacial score (nSPS) is 10.5. The third-order valence-electron chi connectivity index (χ3n) is 3.17. The van der Waals surface area contributed by atoms with Crippen molar-refractivity contribution in [2.45, 2.75) is 19.9 Å². The molecule has 0 aliphatic heterocycles. The molecule has 102 valence electrons. The van der Waals surface area contributed by atoms with E-state index in [2.05, 4.69) is 32.1 Å². The lowest BCUT2D eigenvalue weighted by Gasteiger charge is -2.21. The van der Waals surface area contributed by atoms with Gasteiger partial charge < -0.3 is 14.8 Å². The molecule has 0 aromatic carbocycles. The van der Waals surface area contributed by atoms with E-state index >= 15 is 0 Å². The van der Waals surface area contributed by atoms with E-state index in [4.69, 9.17) is 0 Å². The Hall–Kier alpha value is -2.11. The fourth-order valence-corrected chi connectivity index (χ4v) is 2.11. The van der Waals surface area contributed by atoms with Gasteiger partial charge in [0.2, 0.25) is 0 Å². The van der Waals surface area contributed by atoms with Gasteiger partial charge >= 0.3 is 0 Å². The highest BCUT2D eigenvalue weighted by molar-refractivity contribution is 5.58. The topological polar surface area (TPSA) is 58.9 Å². The molecule has 2 aromatic heterocycles. The van der Waals surface area contributed by atoms with Gasteiger partial charge in [0.25, 0.3) is 0 Å². The fourth-order valence-electron chi connectivity index (χ4n) is 2.11. The van der Waals surface area contributed by atoms with Crippen LogP contribution in [0.15, 0.2) is 18.7 Å². The number of nitrogens with zero attached hydrogens (tertiary/aromatic N) is 5. The molecule has 0 bridgehead atoms. The van der Waals surface area contributed by atoms with Gasteiger partial charge in [-0.2, -0.15) is 0 Å². The quantitative estimate of drug-likeness (QED) is 0.881. The summed E-state index contributed by atoms with van der Waals surface area (Å²) in [5.41, 5.74) is 1.13. The number of aryl methyl sites for hydroxylation is 1. The van der Waals surface area contributed by atoms with Gasteiger partial charge in [0.05, 0.1) is 6.54 Å². The van der Waals surface area contributed by atoms with E-state index in [-0.39, 0.29) is 0 Å². The largest absolute Gasteiger partial charge is 0.373 e. The van der Waals surface area contributed by atoms with Crippen molar-refractivity contribution in [3.63, 3.8) is 0 Å². The number of hydrogen-bond donors (Lipinski definition) is 1. The highest BCUT2D eigenvalue weighted by Crippen LogP contribution is 2.23. The van der Waals surface area contributed by atoms with Gasteiger partial charge in [-0.25, -0.2) is 15.0 Å². The average molecular weight is 260 g/mol. The summed E-state index contributed by atoms with van der Waals surface area (Å²) in [6.07, 6.45) is 6.23. The van der Waals surface area contributed by atoms with Gasteiger partial charge in [-0.1, -0.05) is 6.92 Å². The van der Waals surface area contributed by atoms with Crippen LogP contribution in [-0.2, 0) is 20.0 Å². The highest BCUT2D eigenvalue weighted by Gasteiger charge is 2.14. The Bertz CT molecular complexity index is 548. The Balaban J connectivity index is 2.28. The minimum absolute atomic E-state index is 0.719. The van der Waals surface area contributed by atoms with Crippen LogP contribution in [0.5, 0.6) is 0 Å². The highest BCUT2D eigenvalue weighted by atomic mass is 15.2. The minimum atomic E-state index is 0.719. The van der Waals surface area contributed by atoms with E-state index in [0.717, 1.165) is 36.0 Å². The lowest BCUT2D eigenvalue weighted by Crippen LogP contribution is -2.22. The second-order valence-electron chi connectivity index (χ2n) is 4.44. The van der Waals surface area contributed by atoms with Gasteiger partial charge in [-0.05, 0) is 6.42 Å². The Morgan fingerprint density at radius 2 is 2.11 bits per heavy atom. The van der Waals surface area contributed by atoms with E-state index in [9.17, 15) is 0 Å². The molecular formula is C13H20N6. The van der Waals surface area contributed by atoms with Gasteiger partial charge in [0.15, 0.2) is 0 Å². The van der Waals surface area contributed by atoms with E-state index in [0.29, 0.717) is 0 Å². The summed E-state index contributed by atoms with van der Waals surface area (Å²) in [5, 5.41) is 3.11. The zero-order valence-electron chi connectivity index (χ0n) is 11.9. The molecule has 0 amide bonds. The van der Waals surface area contributed by atoms with Crippen molar-refractivity contribution in [2.75, 3.05) is 24.3 Å². The van der Waals surface area contributed by atoms with Crippen LogP contribution in [0.4, 0.5) is 11.6 Å². The minimum Gasteiger partial charge on any atom is -0.373 e. The molecule has 1 N–H and O–H groups in total. The molecule has 0 unspecified atom stereocenters. The number of hydrogen-bond acceptors (Lipinski definition) is 5. The fraction of sp³-hybridized carbons (Fsp3) is 0.462. The van der Waals surface area contributed by atoms with Crippen molar-refractivity contribution in [3.8, 4) is 0 Å². The molecule has 2 heterocycles. The summed E-state index contributed by atoms with van der Waals surface area (Å²) >= 11 is 0. The standard InChI is InChI=1S/C13H20N6/c1-5-10-12(14-2)16-9-17-13(10)19(4)8-11-15-6-7-18(11)3/h6-7,9H,5,8H2,1-4H3,(H,14,16,17).